The lowest BCUT2D eigenvalue weighted by molar-refractivity contribution is -0.119. The van der Waals surface area contributed by atoms with E-state index in [4.69, 9.17) is 24.5 Å². The topological polar surface area (TPSA) is 96.8 Å². The summed E-state index contributed by atoms with van der Waals surface area (Å²) in [5, 5.41) is 4.06. The van der Waals surface area contributed by atoms with Crippen LogP contribution >= 0.6 is 12.4 Å². The molecule has 38 heavy (non-hydrogen) atoms. The molecule has 0 spiro atoms. The molecule has 1 heterocycles. The largest absolute Gasteiger partial charge is 0.497 e. The number of hydrogen-bond acceptors (Lipinski definition) is 7. The van der Waals surface area contributed by atoms with Crippen LogP contribution in [0.15, 0.2) is 65.3 Å². The fourth-order valence-electron chi connectivity index (χ4n) is 4.36. The third kappa shape index (κ3) is 6.18. The van der Waals surface area contributed by atoms with Gasteiger partial charge in [-0.3, -0.25) is 4.79 Å². The van der Waals surface area contributed by atoms with Crippen molar-refractivity contribution in [3.05, 3.63) is 83.0 Å². The van der Waals surface area contributed by atoms with Crippen molar-refractivity contribution < 1.29 is 23.5 Å². The molecule has 3 aromatic carbocycles. The van der Waals surface area contributed by atoms with Crippen LogP contribution in [-0.4, -0.2) is 38.3 Å². The van der Waals surface area contributed by atoms with Gasteiger partial charge in [-0.2, -0.15) is 0 Å². The summed E-state index contributed by atoms with van der Waals surface area (Å²) in [5.74, 6) is 2.72. The van der Waals surface area contributed by atoms with Gasteiger partial charge in [0.2, 0.25) is 0 Å². The standard InChI is InChI=1S/C30H32N2O5.ClH/c1-18-12-23(16-29(36-5)19(18)2)30-25(17-32-37-30)21-8-11-28(35-4)22(14-21)15-27(33)26(31)13-20-6-9-24(34-3)10-7-20;/h6-12,14,16-17,26H,13,15,31H2,1-5H3;1H. The maximum Gasteiger partial charge on any atom is 0.174 e. The van der Waals surface area contributed by atoms with E-state index in [9.17, 15) is 4.79 Å². The van der Waals surface area contributed by atoms with Crippen LogP contribution in [0.4, 0.5) is 0 Å². The predicted octanol–water partition coefficient (Wildman–Crippen LogP) is 5.75. The van der Waals surface area contributed by atoms with Crippen LogP contribution in [0.1, 0.15) is 22.3 Å². The molecule has 8 heteroatoms. The monoisotopic (exact) mass is 536 g/mol. The Kier molecular flexibility index (Phi) is 9.55. The van der Waals surface area contributed by atoms with Crippen LogP contribution in [0.25, 0.3) is 22.5 Å². The lowest BCUT2D eigenvalue weighted by Crippen LogP contribution is -2.34. The molecule has 2 N–H and O–H groups in total. The summed E-state index contributed by atoms with van der Waals surface area (Å²) >= 11 is 0. The quantitative estimate of drug-likeness (QED) is 0.275. The number of aryl methyl sites for hydroxylation is 1. The van der Waals surface area contributed by atoms with E-state index >= 15 is 0 Å². The number of halogens is 1. The number of ketones is 1. The normalized spacial score (nSPS) is 11.4. The van der Waals surface area contributed by atoms with Gasteiger partial charge in [0.15, 0.2) is 11.5 Å². The molecule has 4 rings (SSSR count). The van der Waals surface area contributed by atoms with Crippen molar-refractivity contribution in [3.63, 3.8) is 0 Å². The van der Waals surface area contributed by atoms with Crippen LogP contribution in [0.3, 0.4) is 0 Å². The molecule has 1 unspecified atom stereocenters. The summed E-state index contributed by atoms with van der Waals surface area (Å²) in [6.45, 7) is 4.05. The Bertz CT molecular complexity index is 1400. The Labute approximate surface area is 229 Å². The van der Waals surface area contributed by atoms with E-state index in [2.05, 4.69) is 5.16 Å². The number of Topliss-reactive ketones (excluding diaryl/α,β-unsaturated/α-hetero) is 1. The highest BCUT2D eigenvalue weighted by molar-refractivity contribution is 5.88. The second-order valence-corrected chi connectivity index (χ2v) is 9.02. The smallest absolute Gasteiger partial charge is 0.174 e. The van der Waals surface area contributed by atoms with Crippen molar-refractivity contribution in [2.75, 3.05) is 21.3 Å². The van der Waals surface area contributed by atoms with Gasteiger partial charge in [0.05, 0.1) is 33.6 Å². The first-order valence-electron chi connectivity index (χ1n) is 12.0. The number of carbonyl (C=O) groups excluding carboxylic acids is 1. The number of methoxy groups -OCH3 is 3. The zero-order valence-corrected chi connectivity index (χ0v) is 23.1. The van der Waals surface area contributed by atoms with Gasteiger partial charge >= 0.3 is 0 Å². The fourth-order valence-corrected chi connectivity index (χ4v) is 4.36. The van der Waals surface area contributed by atoms with Crippen molar-refractivity contribution in [2.45, 2.75) is 32.7 Å². The maximum absolute atomic E-state index is 13.1. The minimum absolute atomic E-state index is 0. The van der Waals surface area contributed by atoms with Crippen LogP contribution in [0.2, 0.25) is 0 Å². The second kappa shape index (κ2) is 12.6. The molecule has 0 bridgehead atoms. The third-order valence-corrected chi connectivity index (χ3v) is 6.66. The summed E-state index contributed by atoms with van der Waals surface area (Å²) in [6.07, 6.45) is 2.27. The molecule has 200 valence electrons. The van der Waals surface area contributed by atoms with Crippen LogP contribution < -0.4 is 19.9 Å². The van der Waals surface area contributed by atoms with Gasteiger partial charge in [-0.25, -0.2) is 0 Å². The predicted molar refractivity (Wildman–Crippen MR) is 151 cm³/mol. The Morgan fingerprint density at radius 1 is 0.921 bits per heavy atom. The molecule has 0 fully saturated rings. The van der Waals surface area contributed by atoms with E-state index in [0.717, 1.165) is 50.4 Å². The van der Waals surface area contributed by atoms with E-state index in [1.165, 1.54) is 0 Å². The van der Waals surface area contributed by atoms with Gasteiger partial charge in [0, 0.05) is 23.1 Å². The summed E-state index contributed by atoms with van der Waals surface area (Å²) in [7, 11) is 4.86. The number of ether oxygens (including phenoxy) is 3. The van der Waals surface area contributed by atoms with E-state index in [1.54, 1.807) is 27.5 Å². The minimum atomic E-state index is -0.643. The molecule has 1 atom stereocenters. The highest BCUT2D eigenvalue weighted by Crippen LogP contribution is 2.37. The molecular formula is C30H33ClN2O5. The summed E-state index contributed by atoms with van der Waals surface area (Å²) in [5.41, 5.74) is 12.7. The van der Waals surface area contributed by atoms with Gasteiger partial charge in [-0.1, -0.05) is 23.4 Å². The summed E-state index contributed by atoms with van der Waals surface area (Å²) in [6, 6.07) is 16.6. The van der Waals surface area contributed by atoms with Crippen molar-refractivity contribution in [1.29, 1.82) is 0 Å². The first-order chi connectivity index (χ1) is 17.8. The molecule has 1 aromatic heterocycles. The SMILES string of the molecule is COc1ccc(CC(N)C(=O)Cc2cc(-c3cnoc3-c3cc(C)c(C)c(OC)c3)ccc2OC)cc1.Cl. The number of benzene rings is 3. The molecule has 0 saturated heterocycles. The van der Waals surface area contributed by atoms with Gasteiger partial charge in [0.25, 0.3) is 0 Å². The average molecular weight is 537 g/mol. The molecule has 0 saturated carbocycles. The second-order valence-electron chi connectivity index (χ2n) is 9.02. The van der Waals surface area contributed by atoms with Gasteiger partial charge in [-0.05, 0) is 78.9 Å². The van der Waals surface area contributed by atoms with E-state index in [1.807, 2.05) is 68.4 Å². The Balaban J connectivity index is 0.00000400. The Hall–Kier alpha value is -3.81. The average Bonchev–Trinajstić information content (AvgIpc) is 3.40. The molecular weight excluding hydrogens is 504 g/mol. The van der Waals surface area contributed by atoms with Crippen molar-refractivity contribution in [2.24, 2.45) is 5.73 Å². The Morgan fingerprint density at radius 2 is 1.63 bits per heavy atom. The molecule has 4 aromatic rings. The van der Waals surface area contributed by atoms with Crippen molar-refractivity contribution >= 4 is 18.2 Å². The van der Waals surface area contributed by atoms with E-state index in [0.29, 0.717) is 17.9 Å². The van der Waals surface area contributed by atoms with Crippen LogP contribution in [0, 0.1) is 13.8 Å². The highest BCUT2D eigenvalue weighted by atomic mass is 35.5. The summed E-state index contributed by atoms with van der Waals surface area (Å²) in [4.78, 5) is 13.1. The number of hydrogen-bond donors (Lipinski definition) is 1. The summed E-state index contributed by atoms with van der Waals surface area (Å²) < 4.78 is 22.0. The Morgan fingerprint density at radius 3 is 2.29 bits per heavy atom. The van der Waals surface area contributed by atoms with E-state index < -0.39 is 6.04 Å². The van der Waals surface area contributed by atoms with Gasteiger partial charge < -0.3 is 24.5 Å². The van der Waals surface area contributed by atoms with E-state index in [-0.39, 0.29) is 24.6 Å². The lowest BCUT2D eigenvalue weighted by atomic mass is 9.94. The molecule has 0 aliphatic carbocycles. The molecule has 0 aliphatic heterocycles. The van der Waals surface area contributed by atoms with Gasteiger partial charge in [0.1, 0.15) is 17.2 Å². The first kappa shape index (κ1) is 28.8. The maximum atomic E-state index is 13.1. The number of carbonyl (C=O) groups is 1. The number of aromatic nitrogens is 1. The highest BCUT2D eigenvalue weighted by Gasteiger charge is 2.20. The molecule has 0 radical (unpaired) electrons. The number of rotatable bonds is 10. The molecule has 0 amide bonds. The molecule has 0 aliphatic rings. The zero-order valence-electron chi connectivity index (χ0n) is 22.2. The van der Waals surface area contributed by atoms with Crippen LogP contribution in [-0.2, 0) is 17.6 Å². The zero-order chi connectivity index (χ0) is 26.5. The lowest BCUT2D eigenvalue weighted by Gasteiger charge is -2.14. The van der Waals surface area contributed by atoms with Gasteiger partial charge in [-0.15, -0.1) is 12.4 Å². The van der Waals surface area contributed by atoms with Crippen molar-refractivity contribution in [1.82, 2.24) is 5.16 Å². The third-order valence-electron chi connectivity index (χ3n) is 6.66. The minimum Gasteiger partial charge on any atom is -0.497 e. The number of nitrogens with two attached hydrogens (primary N) is 1. The molecule has 7 nitrogen and oxygen atoms in total. The number of nitrogens with zero attached hydrogens (tertiary/aromatic N) is 1. The first-order valence-corrected chi connectivity index (χ1v) is 12.0. The fraction of sp³-hybridized carbons (Fsp3) is 0.267. The van der Waals surface area contributed by atoms with Crippen LogP contribution in [0.5, 0.6) is 17.2 Å². The van der Waals surface area contributed by atoms with Crippen molar-refractivity contribution in [3.8, 4) is 39.7 Å².